The van der Waals surface area contributed by atoms with E-state index in [1.54, 1.807) is 10.9 Å². The topological polar surface area (TPSA) is 129 Å². The summed E-state index contributed by atoms with van der Waals surface area (Å²) in [5, 5.41) is 20.7. The lowest BCUT2D eigenvalue weighted by Crippen LogP contribution is -2.72. The summed E-state index contributed by atoms with van der Waals surface area (Å²) in [4.78, 5) is 12.9. The molecule has 4 N–H and O–H groups in total. The van der Waals surface area contributed by atoms with E-state index in [2.05, 4.69) is 82.7 Å². The molecule has 0 amide bonds. The van der Waals surface area contributed by atoms with Crippen molar-refractivity contribution in [3.8, 4) is 0 Å². The lowest BCUT2D eigenvalue weighted by atomic mass is 10.1. The monoisotopic (exact) mass is 495 g/mol. The standard InChI is InChI=1S/C22H41N5O4Si2/c1-20(2,3)32(7,8)22(31-33(9,10)21(4,5)6)16(29)14(11-28)30-19(22)27-13-26-15-17(23)24-12-25-18(15)27/h12-14,16,19,28-29H,11H2,1-10H3,(H2,23,24,25)/t14-,16-,19-,22+/m1/s1. The first-order valence-corrected chi connectivity index (χ1v) is 17.4. The molecule has 2 aromatic rings. The number of nitrogens with two attached hydrogens (primary N) is 1. The lowest BCUT2D eigenvalue weighted by Gasteiger charge is -2.57. The molecule has 3 rings (SSSR count). The Morgan fingerprint density at radius 2 is 1.70 bits per heavy atom. The molecule has 0 aliphatic carbocycles. The summed E-state index contributed by atoms with van der Waals surface area (Å²) in [6, 6.07) is 0. The molecular weight excluding hydrogens is 454 g/mol. The fourth-order valence-electron chi connectivity index (χ4n) is 4.30. The first kappa shape index (κ1) is 26.2. The van der Waals surface area contributed by atoms with Crippen molar-refractivity contribution in [1.82, 2.24) is 19.5 Å². The van der Waals surface area contributed by atoms with Crippen molar-refractivity contribution >= 4 is 33.4 Å². The van der Waals surface area contributed by atoms with Crippen LogP contribution in [0.3, 0.4) is 0 Å². The number of imidazole rings is 1. The zero-order valence-corrected chi connectivity index (χ0v) is 23.7. The highest BCUT2D eigenvalue weighted by atomic mass is 28.4. The van der Waals surface area contributed by atoms with E-state index in [0.29, 0.717) is 11.2 Å². The molecule has 33 heavy (non-hydrogen) atoms. The molecule has 186 valence electrons. The number of hydrogen-bond acceptors (Lipinski definition) is 8. The molecule has 0 saturated carbocycles. The summed E-state index contributed by atoms with van der Waals surface area (Å²) in [7, 11) is -4.97. The zero-order valence-electron chi connectivity index (χ0n) is 21.7. The van der Waals surface area contributed by atoms with Crippen molar-refractivity contribution < 1.29 is 19.4 Å². The number of fused-ring (bicyclic) bond motifs is 1. The maximum atomic E-state index is 11.9. The van der Waals surface area contributed by atoms with E-state index in [9.17, 15) is 10.2 Å². The van der Waals surface area contributed by atoms with Gasteiger partial charge in [0.1, 0.15) is 29.3 Å². The van der Waals surface area contributed by atoms with Crippen LogP contribution in [0.2, 0.25) is 36.3 Å². The highest BCUT2D eigenvalue weighted by Gasteiger charge is 2.70. The van der Waals surface area contributed by atoms with Crippen molar-refractivity contribution in [1.29, 1.82) is 0 Å². The van der Waals surface area contributed by atoms with Gasteiger partial charge in [0, 0.05) is 0 Å². The molecule has 1 fully saturated rings. The van der Waals surface area contributed by atoms with Gasteiger partial charge < -0.3 is 25.1 Å². The molecule has 2 aromatic heterocycles. The maximum Gasteiger partial charge on any atom is 0.192 e. The Bertz CT molecular complexity index is 1010. The number of nitrogens with zero attached hydrogens (tertiary/aromatic N) is 4. The number of ether oxygens (including phenoxy) is 1. The summed E-state index contributed by atoms with van der Waals surface area (Å²) in [5.74, 6) is 0.277. The van der Waals surface area contributed by atoms with E-state index in [4.69, 9.17) is 14.9 Å². The molecule has 11 heteroatoms. The molecule has 3 heterocycles. The molecule has 0 unspecified atom stereocenters. The van der Waals surface area contributed by atoms with Crippen LogP contribution in [0.15, 0.2) is 12.7 Å². The van der Waals surface area contributed by atoms with Crippen molar-refractivity contribution in [3.05, 3.63) is 12.7 Å². The Balaban J connectivity index is 2.36. The van der Waals surface area contributed by atoms with Crippen LogP contribution >= 0.6 is 0 Å². The molecule has 1 saturated heterocycles. The van der Waals surface area contributed by atoms with Gasteiger partial charge in [-0.05, 0) is 23.2 Å². The van der Waals surface area contributed by atoms with Gasteiger partial charge in [0.25, 0.3) is 0 Å². The number of hydrogen-bond donors (Lipinski definition) is 3. The minimum atomic E-state index is -2.55. The summed E-state index contributed by atoms with van der Waals surface area (Å²) < 4.78 is 15.5. The van der Waals surface area contributed by atoms with Gasteiger partial charge in [0.05, 0.1) is 21.0 Å². The number of aliphatic hydroxyl groups is 2. The van der Waals surface area contributed by atoms with Gasteiger partial charge in [-0.25, -0.2) is 15.0 Å². The summed E-state index contributed by atoms with van der Waals surface area (Å²) >= 11 is 0. The van der Waals surface area contributed by atoms with Crippen molar-refractivity contribution in [2.75, 3.05) is 12.3 Å². The molecule has 0 radical (unpaired) electrons. The van der Waals surface area contributed by atoms with Gasteiger partial charge in [-0.2, -0.15) is 0 Å². The van der Waals surface area contributed by atoms with E-state index < -0.39 is 40.1 Å². The van der Waals surface area contributed by atoms with E-state index in [1.165, 1.54) is 6.33 Å². The highest BCUT2D eigenvalue weighted by Crippen LogP contribution is 2.57. The number of aliphatic hydroxyl groups excluding tert-OH is 2. The molecule has 0 spiro atoms. The van der Waals surface area contributed by atoms with Gasteiger partial charge in [0.15, 0.2) is 26.0 Å². The second kappa shape index (κ2) is 8.09. The second-order valence-electron chi connectivity index (χ2n) is 12.3. The van der Waals surface area contributed by atoms with Crippen LogP contribution in [0.25, 0.3) is 11.2 Å². The van der Waals surface area contributed by atoms with E-state index in [-0.39, 0.29) is 22.5 Å². The molecule has 0 bridgehead atoms. The fourth-order valence-corrected chi connectivity index (χ4v) is 10.4. The maximum absolute atomic E-state index is 11.9. The second-order valence-corrected chi connectivity index (χ2v) is 22.5. The van der Waals surface area contributed by atoms with E-state index >= 15 is 0 Å². The van der Waals surface area contributed by atoms with Crippen LogP contribution in [0.4, 0.5) is 5.82 Å². The predicted octanol–water partition coefficient (Wildman–Crippen LogP) is 3.47. The smallest absolute Gasteiger partial charge is 0.192 e. The molecule has 0 aromatic carbocycles. The quantitative estimate of drug-likeness (QED) is 0.538. The SMILES string of the molecule is CC(C)(C)[Si](C)(C)O[C@]1([Si](C)(C)C(C)(C)C)[C@H](O)[C@@H](CO)O[C@H]1n1cnc2c(N)ncnc21. The molecule has 4 atom stereocenters. The highest BCUT2D eigenvalue weighted by molar-refractivity contribution is 6.85. The first-order chi connectivity index (χ1) is 14.9. The van der Waals surface area contributed by atoms with Crippen LogP contribution in [0.5, 0.6) is 0 Å². The summed E-state index contributed by atoms with van der Waals surface area (Å²) in [6.07, 6.45) is 0.459. The molecule has 9 nitrogen and oxygen atoms in total. The van der Waals surface area contributed by atoms with E-state index in [1.807, 2.05) is 0 Å². The third kappa shape index (κ3) is 3.86. The number of aromatic nitrogens is 4. The van der Waals surface area contributed by atoms with Crippen molar-refractivity contribution in [2.24, 2.45) is 0 Å². The fraction of sp³-hybridized carbons (Fsp3) is 0.773. The zero-order chi connectivity index (χ0) is 25.2. The summed E-state index contributed by atoms with van der Waals surface area (Å²) in [6.45, 7) is 21.6. The molecule has 1 aliphatic rings. The van der Waals surface area contributed by atoms with Crippen LogP contribution in [0.1, 0.15) is 47.8 Å². The van der Waals surface area contributed by atoms with Crippen molar-refractivity contribution in [2.45, 2.75) is 101 Å². The Morgan fingerprint density at radius 1 is 1.09 bits per heavy atom. The van der Waals surface area contributed by atoms with Gasteiger partial charge in [-0.15, -0.1) is 0 Å². The van der Waals surface area contributed by atoms with Gasteiger partial charge in [-0.1, -0.05) is 54.6 Å². The number of rotatable bonds is 5. The van der Waals surface area contributed by atoms with Crippen LogP contribution in [-0.4, -0.2) is 70.2 Å². The Kier molecular flexibility index (Phi) is 6.43. The Hall–Kier alpha value is -1.38. The minimum absolute atomic E-state index is 0.104. The van der Waals surface area contributed by atoms with Gasteiger partial charge >= 0.3 is 0 Å². The number of anilines is 1. The Labute approximate surface area is 198 Å². The lowest BCUT2D eigenvalue weighted by molar-refractivity contribution is -0.0621. The van der Waals surface area contributed by atoms with Gasteiger partial charge in [0.2, 0.25) is 0 Å². The first-order valence-electron chi connectivity index (χ1n) is 11.5. The molecular formula is C22H41N5O4Si2. The normalized spacial score (nSPS) is 27.5. The predicted molar refractivity (Wildman–Crippen MR) is 135 cm³/mol. The largest absolute Gasteiger partial charge is 0.407 e. The Morgan fingerprint density at radius 3 is 2.21 bits per heavy atom. The van der Waals surface area contributed by atoms with Crippen LogP contribution in [-0.2, 0) is 9.16 Å². The van der Waals surface area contributed by atoms with Crippen LogP contribution < -0.4 is 5.73 Å². The van der Waals surface area contributed by atoms with Crippen LogP contribution in [0, 0.1) is 0 Å². The average molecular weight is 496 g/mol. The van der Waals surface area contributed by atoms with E-state index in [0.717, 1.165) is 0 Å². The average Bonchev–Trinajstić information content (AvgIpc) is 3.21. The van der Waals surface area contributed by atoms with Gasteiger partial charge in [-0.3, -0.25) is 4.57 Å². The molecule has 1 aliphatic heterocycles. The van der Waals surface area contributed by atoms with Crippen molar-refractivity contribution in [3.63, 3.8) is 0 Å². The summed E-state index contributed by atoms with van der Waals surface area (Å²) in [5.41, 5.74) is 7.04. The third-order valence-electron chi connectivity index (χ3n) is 8.36. The third-order valence-corrected chi connectivity index (χ3v) is 19.4. The minimum Gasteiger partial charge on any atom is -0.407 e. The number of nitrogen functional groups attached to an aromatic ring is 1.